The van der Waals surface area contributed by atoms with E-state index in [4.69, 9.17) is 27.6 Å². The van der Waals surface area contributed by atoms with Gasteiger partial charge in [-0.2, -0.15) is 0 Å². The maximum Gasteiger partial charge on any atom is 0.153 e. The van der Waals surface area contributed by atoms with E-state index >= 15 is 0 Å². The van der Waals surface area contributed by atoms with Gasteiger partial charge in [0.2, 0.25) is 0 Å². The summed E-state index contributed by atoms with van der Waals surface area (Å²) in [5.41, 5.74) is 1.84. The highest BCUT2D eigenvalue weighted by Gasteiger charge is 2.07. The maximum absolute atomic E-state index is 6.05. The number of halogens is 2. The van der Waals surface area contributed by atoms with Gasteiger partial charge in [-0.15, -0.1) is 11.6 Å². The Labute approximate surface area is 105 Å². The quantitative estimate of drug-likeness (QED) is 0.694. The van der Waals surface area contributed by atoms with Crippen molar-refractivity contribution in [1.82, 2.24) is 0 Å². The van der Waals surface area contributed by atoms with Gasteiger partial charge in [-0.3, -0.25) is 0 Å². The fraction of sp³-hybridized carbons (Fsp3) is 0.231. The van der Waals surface area contributed by atoms with Crippen LogP contribution < -0.4 is 0 Å². The molecule has 0 aliphatic heterocycles. The summed E-state index contributed by atoms with van der Waals surface area (Å²) in [5.74, 6) is 1.48. The Morgan fingerprint density at radius 2 is 2.25 bits per heavy atom. The molecule has 0 fully saturated rings. The number of furan rings is 1. The number of hydrogen-bond acceptors (Lipinski definition) is 1. The van der Waals surface area contributed by atoms with Crippen molar-refractivity contribution in [3.8, 4) is 0 Å². The lowest BCUT2D eigenvalue weighted by Gasteiger charge is -1.94. The minimum Gasteiger partial charge on any atom is -0.455 e. The smallest absolute Gasteiger partial charge is 0.153 e. The Morgan fingerprint density at radius 1 is 1.44 bits per heavy atom. The SMILES string of the molecule is C/C(=C/CCCl)c1cc2cccc(Cl)c2o1. The first-order chi connectivity index (χ1) is 7.72. The van der Waals surface area contributed by atoms with Crippen molar-refractivity contribution >= 4 is 39.7 Å². The van der Waals surface area contributed by atoms with Crippen molar-refractivity contribution in [2.75, 3.05) is 5.88 Å². The number of rotatable bonds is 3. The monoisotopic (exact) mass is 254 g/mol. The van der Waals surface area contributed by atoms with E-state index in [1.54, 1.807) is 0 Å². The number of fused-ring (bicyclic) bond motifs is 1. The Hall–Kier alpha value is -0.920. The van der Waals surface area contributed by atoms with Crippen LogP contribution in [0.15, 0.2) is 34.8 Å². The molecule has 2 rings (SSSR count). The Balaban J connectivity index is 2.43. The molecule has 0 radical (unpaired) electrons. The van der Waals surface area contributed by atoms with Crippen LogP contribution in [0.3, 0.4) is 0 Å². The van der Waals surface area contributed by atoms with Gasteiger partial charge in [-0.05, 0) is 31.1 Å². The Morgan fingerprint density at radius 3 is 2.94 bits per heavy atom. The molecule has 0 aliphatic rings. The second kappa shape index (κ2) is 4.94. The minimum atomic E-state index is 0.623. The molecule has 0 saturated heterocycles. The molecule has 0 bridgehead atoms. The van der Waals surface area contributed by atoms with Crippen molar-refractivity contribution in [2.45, 2.75) is 13.3 Å². The lowest BCUT2D eigenvalue weighted by atomic mass is 10.2. The van der Waals surface area contributed by atoms with Gasteiger partial charge in [0.15, 0.2) is 5.58 Å². The van der Waals surface area contributed by atoms with Crippen LogP contribution in [0.4, 0.5) is 0 Å². The van der Waals surface area contributed by atoms with E-state index in [9.17, 15) is 0 Å². The number of benzene rings is 1. The second-order valence-corrected chi connectivity index (χ2v) is 4.42. The summed E-state index contributed by atoms with van der Waals surface area (Å²) in [4.78, 5) is 0. The number of alkyl halides is 1. The van der Waals surface area contributed by atoms with Gasteiger partial charge in [0, 0.05) is 11.3 Å². The van der Waals surface area contributed by atoms with Gasteiger partial charge in [0.05, 0.1) is 5.02 Å². The van der Waals surface area contributed by atoms with Crippen LogP contribution in [0.1, 0.15) is 19.1 Å². The van der Waals surface area contributed by atoms with Crippen LogP contribution in [0.2, 0.25) is 5.02 Å². The van der Waals surface area contributed by atoms with E-state index in [-0.39, 0.29) is 0 Å². The fourth-order valence-electron chi connectivity index (χ4n) is 1.59. The highest BCUT2D eigenvalue weighted by atomic mass is 35.5. The third-order valence-electron chi connectivity index (χ3n) is 2.44. The van der Waals surface area contributed by atoms with Gasteiger partial charge < -0.3 is 4.42 Å². The van der Waals surface area contributed by atoms with Gasteiger partial charge in [-0.25, -0.2) is 0 Å². The third-order valence-corrected chi connectivity index (χ3v) is 2.96. The molecule has 3 heteroatoms. The summed E-state index contributed by atoms with van der Waals surface area (Å²) in [5, 5.41) is 1.68. The summed E-state index contributed by atoms with van der Waals surface area (Å²) in [6.45, 7) is 2.01. The predicted molar refractivity (Wildman–Crippen MR) is 70.2 cm³/mol. The van der Waals surface area contributed by atoms with E-state index in [0.717, 1.165) is 28.7 Å². The van der Waals surface area contributed by atoms with Crippen LogP contribution in [-0.4, -0.2) is 5.88 Å². The molecular formula is C13H12Cl2O. The van der Waals surface area contributed by atoms with Crippen LogP contribution in [0, 0.1) is 0 Å². The molecule has 2 aromatic rings. The summed E-state index contributed by atoms with van der Waals surface area (Å²) in [6, 6.07) is 7.74. The van der Waals surface area contributed by atoms with E-state index in [0.29, 0.717) is 10.9 Å². The van der Waals surface area contributed by atoms with Crippen molar-refractivity contribution in [3.05, 3.63) is 41.1 Å². The minimum absolute atomic E-state index is 0.623. The molecule has 0 aliphatic carbocycles. The normalized spacial score (nSPS) is 12.3. The first kappa shape index (κ1) is 11.6. The van der Waals surface area contributed by atoms with Crippen LogP contribution in [-0.2, 0) is 0 Å². The van der Waals surface area contributed by atoms with E-state index in [2.05, 4.69) is 6.08 Å². The highest BCUT2D eigenvalue weighted by Crippen LogP contribution is 2.29. The van der Waals surface area contributed by atoms with Crippen LogP contribution >= 0.6 is 23.2 Å². The third kappa shape index (κ3) is 2.26. The summed E-state index contributed by atoms with van der Waals surface area (Å²) >= 11 is 11.7. The second-order valence-electron chi connectivity index (χ2n) is 3.63. The topological polar surface area (TPSA) is 13.1 Å². The average Bonchev–Trinajstić information content (AvgIpc) is 2.71. The molecule has 1 nitrogen and oxygen atoms in total. The zero-order valence-corrected chi connectivity index (χ0v) is 10.5. The zero-order valence-electron chi connectivity index (χ0n) is 8.97. The maximum atomic E-state index is 6.05. The summed E-state index contributed by atoms with van der Waals surface area (Å²) in [6.07, 6.45) is 2.91. The van der Waals surface area contributed by atoms with Crippen molar-refractivity contribution in [3.63, 3.8) is 0 Å². The van der Waals surface area contributed by atoms with Crippen LogP contribution in [0.25, 0.3) is 16.5 Å². The molecule has 0 unspecified atom stereocenters. The lowest BCUT2D eigenvalue weighted by molar-refractivity contribution is 0.599. The molecule has 16 heavy (non-hydrogen) atoms. The van der Waals surface area contributed by atoms with E-state index in [1.807, 2.05) is 31.2 Å². The van der Waals surface area contributed by atoms with Crippen LogP contribution in [0.5, 0.6) is 0 Å². The van der Waals surface area contributed by atoms with Crippen molar-refractivity contribution in [1.29, 1.82) is 0 Å². The van der Waals surface area contributed by atoms with Crippen molar-refractivity contribution < 1.29 is 4.42 Å². The predicted octanol–water partition coefficient (Wildman–Crippen LogP) is 5.12. The van der Waals surface area contributed by atoms with E-state index < -0.39 is 0 Å². The lowest BCUT2D eigenvalue weighted by Crippen LogP contribution is -1.75. The first-order valence-corrected chi connectivity index (χ1v) is 6.05. The molecule has 1 aromatic heterocycles. The number of allylic oxidation sites excluding steroid dienone is 2. The number of para-hydroxylation sites is 1. The molecule has 1 heterocycles. The van der Waals surface area contributed by atoms with E-state index in [1.165, 1.54) is 0 Å². The van der Waals surface area contributed by atoms with Gasteiger partial charge in [0.25, 0.3) is 0 Å². The summed E-state index contributed by atoms with van der Waals surface area (Å²) < 4.78 is 5.71. The largest absolute Gasteiger partial charge is 0.455 e. The summed E-state index contributed by atoms with van der Waals surface area (Å²) in [7, 11) is 0. The van der Waals surface area contributed by atoms with Gasteiger partial charge in [-0.1, -0.05) is 29.8 Å². The average molecular weight is 255 g/mol. The van der Waals surface area contributed by atoms with Crippen molar-refractivity contribution in [2.24, 2.45) is 0 Å². The molecule has 1 aromatic carbocycles. The molecule has 0 amide bonds. The highest BCUT2D eigenvalue weighted by molar-refractivity contribution is 6.34. The molecule has 0 N–H and O–H groups in total. The standard InChI is InChI=1S/C13H12Cl2O/c1-9(4-3-7-14)12-8-10-5-2-6-11(15)13(10)16-12/h2,4-6,8H,3,7H2,1H3/b9-4-. The Kier molecular flexibility index (Phi) is 3.57. The molecule has 0 saturated carbocycles. The van der Waals surface area contributed by atoms with Gasteiger partial charge >= 0.3 is 0 Å². The molecule has 0 atom stereocenters. The van der Waals surface area contributed by atoms with Gasteiger partial charge in [0.1, 0.15) is 5.76 Å². The number of hydrogen-bond donors (Lipinski definition) is 0. The fourth-order valence-corrected chi connectivity index (χ4v) is 1.92. The Bertz CT molecular complexity index is 526. The molecule has 0 spiro atoms. The zero-order chi connectivity index (χ0) is 11.5. The molecule has 84 valence electrons. The first-order valence-electron chi connectivity index (χ1n) is 5.13. The molecular weight excluding hydrogens is 243 g/mol.